The SMILES string of the molecule is C=CC(=O)OC12CCC(C)(CC1)OC2=O. The van der Waals surface area contributed by atoms with E-state index in [9.17, 15) is 9.59 Å². The van der Waals surface area contributed by atoms with Crippen molar-refractivity contribution < 1.29 is 19.1 Å². The van der Waals surface area contributed by atoms with Crippen LogP contribution in [0.25, 0.3) is 0 Å². The molecule has 0 N–H and O–H groups in total. The molecule has 0 amide bonds. The zero-order valence-electron chi connectivity index (χ0n) is 8.75. The zero-order valence-corrected chi connectivity index (χ0v) is 8.75. The molecule has 0 aromatic heterocycles. The molecule has 1 aliphatic carbocycles. The zero-order chi connectivity index (χ0) is 11.1. The summed E-state index contributed by atoms with van der Waals surface area (Å²) in [6.45, 7) is 5.24. The second-order valence-electron chi connectivity index (χ2n) is 4.46. The Morgan fingerprint density at radius 3 is 2.53 bits per heavy atom. The van der Waals surface area contributed by atoms with Gasteiger partial charge in [0.05, 0.1) is 0 Å². The third kappa shape index (κ3) is 1.54. The van der Waals surface area contributed by atoms with E-state index in [4.69, 9.17) is 9.47 Å². The molecule has 2 heterocycles. The summed E-state index contributed by atoms with van der Waals surface area (Å²) >= 11 is 0. The first kappa shape index (κ1) is 10.2. The van der Waals surface area contributed by atoms with E-state index >= 15 is 0 Å². The molecule has 15 heavy (non-hydrogen) atoms. The number of rotatable bonds is 2. The maximum Gasteiger partial charge on any atom is 0.351 e. The normalized spacial score (nSPS) is 38.3. The van der Waals surface area contributed by atoms with Crippen LogP contribution in [0.1, 0.15) is 32.6 Å². The van der Waals surface area contributed by atoms with Crippen molar-refractivity contribution in [1.82, 2.24) is 0 Å². The van der Waals surface area contributed by atoms with E-state index in [-0.39, 0.29) is 5.60 Å². The fraction of sp³-hybridized carbons (Fsp3) is 0.636. The van der Waals surface area contributed by atoms with Crippen LogP contribution in [-0.4, -0.2) is 23.1 Å². The van der Waals surface area contributed by atoms with E-state index in [1.807, 2.05) is 6.92 Å². The molecule has 2 bridgehead atoms. The predicted octanol–water partition coefficient (Wildman–Crippen LogP) is 1.34. The first-order valence-electron chi connectivity index (χ1n) is 5.09. The summed E-state index contributed by atoms with van der Waals surface area (Å²) in [5.41, 5.74) is -1.39. The monoisotopic (exact) mass is 210 g/mol. The molecule has 82 valence electrons. The van der Waals surface area contributed by atoms with Crippen molar-refractivity contribution in [2.24, 2.45) is 0 Å². The van der Waals surface area contributed by atoms with Crippen molar-refractivity contribution in [2.75, 3.05) is 0 Å². The Morgan fingerprint density at radius 2 is 2.07 bits per heavy atom. The molecule has 3 fully saturated rings. The van der Waals surface area contributed by atoms with Gasteiger partial charge in [-0.3, -0.25) is 0 Å². The second kappa shape index (κ2) is 3.08. The van der Waals surface area contributed by atoms with Crippen LogP contribution >= 0.6 is 0 Å². The Morgan fingerprint density at radius 1 is 1.47 bits per heavy atom. The fourth-order valence-electron chi connectivity index (χ4n) is 2.18. The summed E-state index contributed by atoms with van der Waals surface area (Å²) in [7, 11) is 0. The number of hydrogen-bond acceptors (Lipinski definition) is 4. The van der Waals surface area contributed by atoms with Crippen LogP contribution in [0.4, 0.5) is 0 Å². The van der Waals surface area contributed by atoms with E-state index in [0.717, 1.165) is 18.9 Å². The van der Waals surface area contributed by atoms with Crippen molar-refractivity contribution in [3.63, 3.8) is 0 Å². The molecule has 1 saturated carbocycles. The molecular formula is C11H14O4. The number of hydrogen-bond donors (Lipinski definition) is 0. The summed E-state index contributed by atoms with van der Waals surface area (Å²) in [6, 6.07) is 0. The van der Waals surface area contributed by atoms with Gasteiger partial charge in [0, 0.05) is 18.9 Å². The van der Waals surface area contributed by atoms with Gasteiger partial charge in [-0.15, -0.1) is 0 Å². The summed E-state index contributed by atoms with van der Waals surface area (Å²) in [5.74, 6) is -0.963. The van der Waals surface area contributed by atoms with E-state index in [2.05, 4.69) is 6.58 Å². The van der Waals surface area contributed by atoms with Crippen molar-refractivity contribution >= 4 is 11.9 Å². The van der Waals surface area contributed by atoms with Gasteiger partial charge >= 0.3 is 11.9 Å². The van der Waals surface area contributed by atoms with Crippen LogP contribution in [0.3, 0.4) is 0 Å². The number of carbonyl (C=O) groups is 2. The first-order valence-corrected chi connectivity index (χ1v) is 5.09. The lowest BCUT2D eigenvalue weighted by Gasteiger charge is -2.48. The minimum absolute atomic E-state index is 0.348. The third-order valence-corrected chi connectivity index (χ3v) is 3.29. The number of esters is 2. The molecule has 0 unspecified atom stereocenters. The highest BCUT2D eigenvalue weighted by Crippen LogP contribution is 2.46. The molecule has 4 nitrogen and oxygen atoms in total. The third-order valence-electron chi connectivity index (χ3n) is 3.29. The molecule has 2 aliphatic heterocycles. The molecule has 0 aromatic rings. The van der Waals surface area contributed by atoms with E-state index in [1.165, 1.54) is 0 Å². The highest BCUT2D eigenvalue weighted by molar-refractivity contribution is 5.88. The average Bonchev–Trinajstić information content (AvgIpc) is 2.20. The maximum atomic E-state index is 11.7. The van der Waals surface area contributed by atoms with Crippen molar-refractivity contribution in [3.05, 3.63) is 12.7 Å². The van der Waals surface area contributed by atoms with E-state index in [1.54, 1.807) is 0 Å². The predicted molar refractivity (Wildman–Crippen MR) is 52.0 cm³/mol. The smallest absolute Gasteiger partial charge is 0.351 e. The molecular weight excluding hydrogens is 196 g/mol. The van der Waals surface area contributed by atoms with Crippen molar-refractivity contribution in [3.8, 4) is 0 Å². The van der Waals surface area contributed by atoms with Gasteiger partial charge in [0.25, 0.3) is 0 Å². The molecule has 3 rings (SSSR count). The number of fused-ring (bicyclic) bond motifs is 3. The molecule has 0 atom stereocenters. The Bertz CT molecular complexity index is 323. The van der Waals surface area contributed by atoms with Gasteiger partial charge in [-0.05, 0) is 19.8 Å². The minimum atomic E-state index is -1.04. The van der Waals surface area contributed by atoms with Crippen LogP contribution in [0.5, 0.6) is 0 Å². The van der Waals surface area contributed by atoms with Crippen molar-refractivity contribution in [1.29, 1.82) is 0 Å². The van der Waals surface area contributed by atoms with Gasteiger partial charge < -0.3 is 9.47 Å². The quantitative estimate of drug-likeness (QED) is 0.510. The topological polar surface area (TPSA) is 52.6 Å². The van der Waals surface area contributed by atoms with Crippen LogP contribution in [-0.2, 0) is 19.1 Å². The fourth-order valence-corrected chi connectivity index (χ4v) is 2.18. The molecule has 0 radical (unpaired) electrons. The van der Waals surface area contributed by atoms with Crippen LogP contribution in [0, 0.1) is 0 Å². The minimum Gasteiger partial charge on any atom is -0.456 e. The van der Waals surface area contributed by atoms with Crippen LogP contribution in [0.2, 0.25) is 0 Å². The molecule has 0 aromatic carbocycles. The van der Waals surface area contributed by atoms with Gasteiger partial charge in [0.1, 0.15) is 5.60 Å². The average molecular weight is 210 g/mol. The number of ether oxygens (including phenoxy) is 2. The molecule has 2 saturated heterocycles. The second-order valence-corrected chi connectivity index (χ2v) is 4.46. The lowest BCUT2D eigenvalue weighted by Crippen LogP contribution is -2.59. The molecule has 0 spiro atoms. The summed E-state index contributed by atoms with van der Waals surface area (Å²) in [6.07, 6.45) is 3.70. The lowest BCUT2D eigenvalue weighted by molar-refractivity contribution is -0.223. The van der Waals surface area contributed by atoms with E-state index in [0.29, 0.717) is 12.8 Å². The number of carbonyl (C=O) groups excluding carboxylic acids is 2. The largest absolute Gasteiger partial charge is 0.456 e. The summed E-state index contributed by atoms with van der Waals surface area (Å²) < 4.78 is 10.4. The van der Waals surface area contributed by atoms with Crippen LogP contribution in [0.15, 0.2) is 12.7 Å². The highest BCUT2D eigenvalue weighted by Gasteiger charge is 2.56. The van der Waals surface area contributed by atoms with Gasteiger partial charge in [0.2, 0.25) is 5.60 Å². The lowest BCUT2D eigenvalue weighted by atomic mass is 9.73. The maximum absolute atomic E-state index is 11.7. The van der Waals surface area contributed by atoms with Crippen LogP contribution < -0.4 is 0 Å². The standard InChI is InChI=1S/C11H14O4/c1-3-8(12)14-11-6-4-10(2,5-7-11)15-9(11)13/h3H,1,4-7H2,2H3. The van der Waals surface area contributed by atoms with Gasteiger partial charge in [-0.25, -0.2) is 9.59 Å². The molecule has 3 aliphatic rings. The summed E-state index contributed by atoms with van der Waals surface area (Å²) in [4.78, 5) is 22.8. The molecule has 4 heteroatoms. The summed E-state index contributed by atoms with van der Waals surface area (Å²) in [5, 5.41) is 0. The first-order chi connectivity index (χ1) is 7.00. The Kier molecular flexibility index (Phi) is 2.10. The Hall–Kier alpha value is -1.32. The van der Waals surface area contributed by atoms with Gasteiger partial charge in [-0.1, -0.05) is 6.58 Å². The highest BCUT2D eigenvalue weighted by atomic mass is 16.6. The van der Waals surface area contributed by atoms with Crippen molar-refractivity contribution in [2.45, 2.75) is 43.8 Å². The van der Waals surface area contributed by atoms with Gasteiger partial charge in [-0.2, -0.15) is 0 Å². The Labute approximate surface area is 88.2 Å². The Balaban J connectivity index is 2.18. The van der Waals surface area contributed by atoms with E-state index < -0.39 is 17.5 Å². The van der Waals surface area contributed by atoms with Gasteiger partial charge in [0.15, 0.2) is 0 Å².